The van der Waals surface area contributed by atoms with Gasteiger partial charge >= 0.3 is 17.7 Å². The highest BCUT2D eigenvalue weighted by Gasteiger charge is 2.21. The first kappa shape index (κ1) is 19.9. The van der Waals surface area contributed by atoms with Gasteiger partial charge < -0.3 is 14.8 Å². The average Bonchev–Trinajstić information content (AvgIpc) is 2.49. The van der Waals surface area contributed by atoms with Crippen molar-refractivity contribution in [1.29, 1.82) is 0 Å². The van der Waals surface area contributed by atoms with E-state index in [0.29, 0.717) is 0 Å². The number of nitro benzene ring substituents is 1. The number of methoxy groups -OCH3 is 1. The van der Waals surface area contributed by atoms with Crippen LogP contribution in [0.15, 0.2) is 18.2 Å². The third kappa shape index (κ3) is 6.45. The molecule has 136 valence electrons. The third-order valence-electron chi connectivity index (χ3n) is 2.68. The maximum atomic E-state index is 11.7. The van der Waals surface area contributed by atoms with Gasteiger partial charge in [0, 0.05) is 11.6 Å². The minimum atomic E-state index is -0.784. The van der Waals surface area contributed by atoms with E-state index < -0.39 is 40.7 Å². The van der Waals surface area contributed by atoms with Gasteiger partial charge in [0.25, 0.3) is 5.91 Å². The number of carbonyl (C=O) groups is 3. The molecule has 0 aliphatic rings. The van der Waals surface area contributed by atoms with Crippen molar-refractivity contribution in [1.82, 2.24) is 10.6 Å². The molecule has 0 aliphatic heterocycles. The smallest absolute Gasteiger partial charge is 0.338 e. The Morgan fingerprint density at radius 1 is 1.24 bits per heavy atom. The molecule has 1 aromatic carbocycles. The molecule has 0 atom stereocenters. The monoisotopic (exact) mass is 353 g/mol. The number of nitrogens with zero attached hydrogens (tertiary/aromatic N) is 1. The molecule has 1 rings (SSSR count). The van der Waals surface area contributed by atoms with Crippen molar-refractivity contribution in [2.24, 2.45) is 0 Å². The van der Waals surface area contributed by atoms with Crippen LogP contribution in [0.25, 0.3) is 0 Å². The van der Waals surface area contributed by atoms with E-state index in [-0.39, 0.29) is 11.3 Å². The minimum Gasteiger partial charge on any atom is -0.477 e. The Kier molecular flexibility index (Phi) is 6.43. The summed E-state index contributed by atoms with van der Waals surface area (Å²) in [5.74, 6) is -1.75. The molecule has 2 N–H and O–H groups in total. The SMILES string of the molecule is COC(=O)c1ccc(OCC(=O)NC(=O)NC(C)(C)C)c([N+](=O)[O-])c1. The first-order valence-electron chi connectivity index (χ1n) is 7.15. The fraction of sp³-hybridized carbons (Fsp3) is 0.400. The van der Waals surface area contributed by atoms with Crippen molar-refractivity contribution >= 4 is 23.6 Å². The summed E-state index contributed by atoms with van der Waals surface area (Å²) in [6.45, 7) is 4.59. The van der Waals surface area contributed by atoms with E-state index in [2.05, 4.69) is 10.1 Å². The van der Waals surface area contributed by atoms with Gasteiger partial charge in [-0.05, 0) is 32.9 Å². The van der Waals surface area contributed by atoms with Gasteiger partial charge in [0.15, 0.2) is 12.4 Å². The molecule has 0 unspecified atom stereocenters. The van der Waals surface area contributed by atoms with Gasteiger partial charge in [0.2, 0.25) is 0 Å². The summed E-state index contributed by atoms with van der Waals surface area (Å²) in [6, 6.07) is 2.70. The van der Waals surface area contributed by atoms with Gasteiger partial charge in [-0.15, -0.1) is 0 Å². The van der Waals surface area contributed by atoms with Crippen LogP contribution in [0.4, 0.5) is 10.5 Å². The summed E-state index contributed by atoms with van der Waals surface area (Å²) in [7, 11) is 1.14. The maximum Gasteiger partial charge on any atom is 0.338 e. The van der Waals surface area contributed by atoms with Crippen LogP contribution in [-0.2, 0) is 9.53 Å². The average molecular weight is 353 g/mol. The number of hydrogen-bond donors (Lipinski definition) is 2. The topological polar surface area (TPSA) is 137 Å². The van der Waals surface area contributed by atoms with Gasteiger partial charge in [-0.25, -0.2) is 9.59 Å². The van der Waals surface area contributed by atoms with Crippen LogP contribution >= 0.6 is 0 Å². The highest BCUT2D eigenvalue weighted by Crippen LogP contribution is 2.28. The predicted octanol–water partition coefficient (Wildman–Crippen LogP) is 1.38. The zero-order valence-electron chi connectivity index (χ0n) is 14.2. The predicted molar refractivity (Wildman–Crippen MR) is 86.4 cm³/mol. The lowest BCUT2D eigenvalue weighted by Crippen LogP contribution is -2.49. The number of nitro groups is 1. The number of nitrogens with one attached hydrogen (secondary N) is 2. The van der Waals surface area contributed by atoms with Crippen molar-refractivity contribution in [3.05, 3.63) is 33.9 Å². The molecule has 0 bridgehead atoms. The fourth-order valence-corrected chi connectivity index (χ4v) is 1.70. The van der Waals surface area contributed by atoms with E-state index >= 15 is 0 Å². The summed E-state index contributed by atoms with van der Waals surface area (Å²) in [5.41, 5.74) is -1.07. The quantitative estimate of drug-likeness (QED) is 0.463. The maximum absolute atomic E-state index is 11.7. The largest absolute Gasteiger partial charge is 0.477 e. The Hall–Kier alpha value is -3.17. The molecule has 0 aromatic heterocycles. The number of rotatable bonds is 5. The zero-order chi connectivity index (χ0) is 19.2. The minimum absolute atomic E-state index is 0.0319. The van der Waals surface area contributed by atoms with Gasteiger partial charge in [0.1, 0.15) is 0 Å². The lowest BCUT2D eigenvalue weighted by atomic mass is 10.1. The van der Waals surface area contributed by atoms with Crippen LogP contribution in [0.2, 0.25) is 0 Å². The van der Waals surface area contributed by atoms with E-state index in [9.17, 15) is 24.5 Å². The number of carbonyl (C=O) groups excluding carboxylic acids is 3. The van der Waals surface area contributed by atoms with E-state index in [4.69, 9.17) is 4.74 Å². The molecule has 10 nitrogen and oxygen atoms in total. The van der Waals surface area contributed by atoms with Crippen LogP contribution in [-0.4, -0.2) is 42.1 Å². The van der Waals surface area contributed by atoms with Crippen LogP contribution < -0.4 is 15.4 Å². The number of ether oxygens (including phenoxy) is 2. The van der Waals surface area contributed by atoms with Crippen molar-refractivity contribution in [2.45, 2.75) is 26.3 Å². The van der Waals surface area contributed by atoms with Crippen molar-refractivity contribution in [3.8, 4) is 5.75 Å². The zero-order valence-corrected chi connectivity index (χ0v) is 14.2. The number of imide groups is 1. The van der Waals surface area contributed by atoms with Crippen molar-refractivity contribution in [2.75, 3.05) is 13.7 Å². The van der Waals surface area contributed by atoms with Gasteiger partial charge in [0.05, 0.1) is 17.6 Å². The molecule has 25 heavy (non-hydrogen) atoms. The normalized spacial score (nSPS) is 10.6. The Bertz CT molecular complexity index is 695. The molecule has 0 heterocycles. The fourth-order valence-electron chi connectivity index (χ4n) is 1.70. The summed E-state index contributed by atoms with van der Waals surface area (Å²) in [5, 5.41) is 15.6. The van der Waals surface area contributed by atoms with E-state index in [0.717, 1.165) is 13.2 Å². The lowest BCUT2D eigenvalue weighted by Gasteiger charge is -2.20. The number of urea groups is 1. The Balaban J connectivity index is 2.76. The number of hydrogen-bond acceptors (Lipinski definition) is 7. The van der Waals surface area contributed by atoms with Crippen LogP contribution in [0.5, 0.6) is 5.75 Å². The van der Waals surface area contributed by atoms with Gasteiger partial charge in [-0.3, -0.25) is 20.2 Å². The van der Waals surface area contributed by atoms with E-state index in [1.165, 1.54) is 12.1 Å². The summed E-state index contributed by atoms with van der Waals surface area (Å²) in [4.78, 5) is 44.9. The molecule has 0 fully saturated rings. The molecule has 3 amide bonds. The summed E-state index contributed by atoms with van der Waals surface area (Å²) >= 11 is 0. The highest BCUT2D eigenvalue weighted by molar-refractivity contribution is 5.95. The Morgan fingerprint density at radius 3 is 2.40 bits per heavy atom. The van der Waals surface area contributed by atoms with Crippen molar-refractivity contribution in [3.63, 3.8) is 0 Å². The molecule has 0 aliphatic carbocycles. The second kappa shape index (κ2) is 8.08. The molecular weight excluding hydrogens is 334 g/mol. The molecule has 0 saturated carbocycles. The Morgan fingerprint density at radius 2 is 1.88 bits per heavy atom. The summed E-state index contributed by atoms with van der Waals surface area (Å²) < 4.78 is 9.56. The van der Waals surface area contributed by atoms with Gasteiger partial charge in [-0.1, -0.05) is 0 Å². The Labute approximate surface area is 143 Å². The standard InChI is InChI=1S/C15H19N3O7/c1-15(2,3)17-14(21)16-12(19)8-25-11-6-5-9(13(20)24-4)7-10(11)18(22)23/h5-7H,8H2,1-4H3,(H2,16,17,19,21). The molecule has 0 saturated heterocycles. The van der Waals surface area contributed by atoms with Crippen LogP contribution in [0.1, 0.15) is 31.1 Å². The number of amides is 3. The first-order valence-corrected chi connectivity index (χ1v) is 7.15. The molecule has 0 radical (unpaired) electrons. The van der Waals surface area contributed by atoms with Gasteiger partial charge in [-0.2, -0.15) is 0 Å². The van der Waals surface area contributed by atoms with Crippen LogP contribution in [0, 0.1) is 10.1 Å². The molecule has 10 heteroatoms. The van der Waals surface area contributed by atoms with E-state index in [1.807, 2.05) is 5.32 Å². The first-order chi connectivity index (χ1) is 11.5. The second-order valence-corrected chi connectivity index (χ2v) is 5.97. The molecular formula is C15H19N3O7. The second-order valence-electron chi connectivity index (χ2n) is 5.97. The number of esters is 1. The summed E-state index contributed by atoms with van der Waals surface area (Å²) in [6.07, 6.45) is 0. The molecule has 1 aromatic rings. The third-order valence-corrected chi connectivity index (χ3v) is 2.68. The van der Waals surface area contributed by atoms with Crippen LogP contribution in [0.3, 0.4) is 0 Å². The van der Waals surface area contributed by atoms with Crippen molar-refractivity contribution < 1.29 is 28.8 Å². The van der Waals surface area contributed by atoms with E-state index in [1.54, 1.807) is 20.8 Å². The number of benzene rings is 1. The highest BCUT2D eigenvalue weighted by atomic mass is 16.6. The lowest BCUT2D eigenvalue weighted by molar-refractivity contribution is -0.385. The molecule has 0 spiro atoms.